The summed E-state index contributed by atoms with van der Waals surface area (Å²) in [6.45, 7) is 2.34. The average molecular weight is 383 g/mol. The standard InChI is InChI=1S/C22H26N2O2S/c25-20-9-8-18(19-7-4-10-27-19)21-17-11-15(13-24(20)21)12-23(14-17)22(26)16-5-2-1-3-6-16/h4,7-10,15-17H,1-3,5-6,11-14H2. The van der Waals surface area contributed by atoms with Gasteiger partial charge in [0.1, 0.15) is 0 Å². The molecule has 2 fully saturated rings. The van der Waals surface area contributed by atoms with Gasteiger partial charge in [-0.15, -0.1) is 11.3 Å². The zero-order valence-corrected chi connectivity index (χ0v) is 16.4. The van der Waals surface area contributed by atoms with Crippen molar-refractivity contribution in [3.05, 3.63) is 45.7 Å². The molecular formula is C22H26N2O2S. The minimum atomic E-state index is 0.104. The van der Waals surface area contributed by atoms with Gasteiger partial charge in [-0.3, -0.25) is 9.59 Å². The molecule has 0 N–H and O–H groups in total. The van der Waals surface area contributed by atoms with Gasteiger partial charge in [0.15, 0.2) is 0 Å². The lowest BCUT2D eigenvalue weighted by Gasteiger charge is -2.44. The molecule has 5 rings (SSSR count). The quantitative estimate of drug-likeness (QED) is 0.785. The summed E-state index contributed by atoms with van der Waals surface area (Å²) in [4.78, 5) is 29.1. The second-order valence-electron chi connectivity index (χ2n) is 8.44. The number of carbonyl (C=O) groups is 1. The van der Waals surface area contributed by atoms with E-state index in [-0.39, 0.29) is 17.4 Å². The fourth-order valence-corrected chi connectivity index (χ4v) is 6.20. The van der Waals surface area contributed by atoms with Crippen LogP contribution in [-0.4, -0.2) is 28.5 Å². The Morgan fingerprint density at radius 3 is 2.67 bits per heavy atom. The van der Waals surface area contributed by atoms with E-state index < -0.39 is 0 Å². The number of nitrogens with zero attached hydrogens (tertiary/aromatic N) is 2. The first-order valence-electron chi connectivity index (χ1n) is 10.3. The maximum atomic E-state index is 13.1. The van der Waals surface area contributed by atoms with Gasteiger partial charge in [0.25, 0.3) is 5.56 Å². The van der Waals surface area contributed by atoms with Crippen molar-refractivity contribution in [2.75, 3.05) is 13.1 Å². The van der Waals surface area contributed by atoms with Crippen LogP contribution in [0.25, 0.3) is 10.4 Å². The van der Waals surface area contributed by atoms with Gasteiger partial charge in [-0.2, -0.15) is 0 Å². The third-order valence-corrected chi connectivity index (χ3v) is 7.55. The van der Waals surface area contributed by atoms with E-state index in [9.17, 15) is 9.59 Å². The van der Waals surface area contributed by atoms with E-state index in [1.54, 1.807) is 17.4 Å². The normalized spacial score (nSPS) is 25.3. The highest BCUT2D eigenvalue weighted by molar-refractivity contribution is 7.13. The first-order chi connectivity index (χ1) is 13.2. The van der Waals surface area contributed by atoms with Crippen LogP contribution >= 0.6 is 11.3 Å². The maximum Gasteiger partial charge on any atom is 0.250 e. The second kappa shape index (κ2) is 6.93. The smallest absolute Gasteiger partial charge is 0.250 e. The van der Waals surface area contributed by atoms with E-state index in [4.69, 9.17) is 0 Å². The van der Waals surface area contributed by atoms with Gasteiger partial charge in [-0.1, -0.05) is 25.3 Å². The van der Waals surface area contributed by atoms with Crippen molar-refractivity contribution in [1.29, 1.82) is 0 Å². The molecule has 0 radical (unpaired) electrons. The highest BCUT2D eigenvalue weighted by atomic mass is 32.1. The number of amides is 1. The third kappa shape index (κ3) is 3.06. The molecule has 4 nitrogen and oxygen atoms in total. The Kier molecular flexibility index (Phi) is 4.43. The van der Waals surface area contributed by atoms with Crippen molar-refractivity contribution >= 4 is 17.2 Å². The van der Waals surface area contributed by atoms with Crippen LogP contribution in [0, 0.1) is 11.8 Å². The van der Waals surface area contributed by atoms with Crippen LogP contribution in [0.5, 0.6) is 0 Å². The minimum Gasteiger partial charge on any atom is -0.341 e. The number of hydrogen-bond donors (Lipinski definition) is 0. The van der Waals surface area contributed by atoms with Gasteiger partial charge in [0, 0.05) is 53.7 Å². The lowest BCUT2D eigenvalue weighted by Crippen LogP contribution is -2.51. The van der Waals surface area contributed by atoms with E-state index in [0.717, 1.165) is 44.6 Å². The highest BCUT2D eigenvalue weighted by Crippen LogP contribution is 2.41. The van der Waals surface area contributed by atoms with Crippen molar-refractivity contribution in [3.8, 4) is 10.4 Å². The Balaban J connectivity index is 1.49. The zero-order chi connectivity index (χ0) is 18.4. The van der Waals surface area contributed by atoms with Gasteiger partial charge in [0.2, 0.25) is 5.91 Å². The van der Waals surface area contributed by atoms with Crippen molar-refractivity contribution in [2.24, 2.45) is 11.8 Å². The van der Waals surface area contributed by atoms with E-state index in [0.29, 0.717) is 11.8 Å². The first kappa shape index (κ1) is 17.2. The Morgan fingerprint density at radius 2 is 1.89 bits per heavy atom. The Labute approximate surface area is 163 Å². The third-order valence-electron chi connectivity index (χ3n) is 6.64. The van der Waals surface area contributed by atoms with Gasteiger partial charge in [-0.05, 0) is 42.7 Å². The van der Waals surface area contributed by atoms with Crippen LogP contribution in [0.4, 0.5) is 0 Å². The predicted molar refractivity (Wildman–Crippen MR) is 108 cm³/mol. The number of piperidine rings is 1. The lowest BCUT2D eigenvalue weighted by molar-refractivity contribution is -0.139. The topological polar surface area (TPSA) is 42.3 Å². The Morgan fingerprint density at radius 1 is 1.04 bits per heavy atom. The monoisotopic (exact) mass is 382 g/mol. The summed E-state index contributed by atoms with van der Waals surface area (Å²) in [5.74, 6) is 1.28. The van der Waals surface area contributed by atoms with Gasteiger partial charge < -0.3 is 9.47 Å². The number of carbonyl (C=O) groups excluding carboxylic acids is 1. The summed E-state index contributed by atoms with van der Waals surface area (Å²) in [6.07, 6.45) is 6.86. The van der Waals surface area contributed by atoms with Crippen LogP contribution < -0.4 is 5.56 Å². The van der Waals surface area contributed by atoms with Crippen LogP contribution in [0.2, 0.25) is 0 Å². The SMILES string of the molecule is O=C(C1CCCCC1)N1CC2CC(C1)c1c(-c3cccs3)ccc(=O)n1C2. The maximum absolute atomic E-state index is 13.1. The van der Waals surface area contributed by atoms with Crippen LogP contribution in [0.15, 0.2) is 34.4 Å². The molecule has 142 valence electrons. The van der Waals surface area contributed by atoms with E-state index in [1.807, 2.05) is 10.6 Å². The summed E-state index contributed by atoms with van der Waals surface area (Å²) < 4.78 is 2.00. The molecule has 1 aliphatic carbocycles. The number of rotatable bonds is 2. The Hall–Kier alpha value is -1.88. The largest absolute Gasteiger partial charge is 0.341 e. The molecule has 1 amide bonds. The molecule has 3 aliphatic rings. The molecule has 4 heterocycles. The first-order valence-corrected chi connectivity index (χ1v) is 11.1. The van der Waals surface area contributed by atoms with E-state index in [1.165, 1.54) is 29.7 Å². The number of likely N-dealkylation sites (tertiary alicyclic amines) is 1. The van der Waals surface area contributed by atoms with Gasteiger partial charge in [0.05, 0.1) is 0 Å². The molecule has 2 bridgehead atoms. The van der Waals surface area contributed by atoms with E-state index >= 15 is 0 Å². The molecule has 1 saturated carbocycles. The molecule has 2 atom stereocenters. The highest BCUT2D eigenvalue weighted by Gasteiger charge is 2.39. The lowest BCUT2D eigenvalue weighted by atomic mass is 9.80. The number of aromatic nitrogens is 1. The molecule has 27 heavy (non-hydrogen) atoms. The zero-order valence-electron chi connectivity index (χ0n) is 15.6. The number of pyridine rings is 1. The molecule has 1 saturated heterocycles. The minimum absolute atomic E-state index is 0.104. The Bertz CT molecular complexity index is 896. The van der Waals surface area contributed by atoms with Crippen molar-refractivity contribution in [1.82, 2.24) is 9.47 Å². The summed E-state index contributed by atoms with van der Waals surface area (Å²) in [5, 5.41) is 2.09. The average Bonchev–Trinajstić information content (AvgIpc) is 3.23. The van der Waals surface area contributed by atoms with Crippen LogP contribution in [0.1, 0.15) is 50.1 Å². The van der Waals surface area contributed by atoms with E-state index in [2.05, 4.69) is 22.4 Å². The molecule has 2 unspecified atom stereocenters. The second-order valence-corrected chi connectivity index (χ2v) is 9.38. The molecule has 2 aromatic rings. The number of hydrogen-bond acceptors (Lipinski definition) is 3. The predicted octanol–water partition coefficient (Wildman–Crippen LogP) is 4.10. The number of thiophene rings is 1. The summed E-state index contributed by atoms with van der Waals surface area (Å²) in [6, 6.07) is 7.89. The molecule has 0 aromatic carbocycles. The molecule has 2 aliphatic heterocycles. The summed E-state index contributed by atoms with van der Waals surface area (Å²) in [5.41, 5.74) is 2.44. The van der Waals surface area contributed by atoms with Crippen molar-refractivity contribution in [3.63, 3.8) is 0 Å². The molecule has 5 heteroatoms. The molecule has 2 aromatic heterocycles. The summed E-state index contributed by atoms with van der Waals surface area (Å²) >= 11 is 1.72. The fraction of sp³-hybridized carbons (Fsp3) is 0.545. The summed E-state index contributed by atoms with van der Waals surface area (Å²) in [7, 11) is 0. The van der Waals surface area contributed by atoms with Crippen molar-refractivity contribution in [2.45, 2.75) is 51.0 Å². The van der Waals surface area contributed by atoms with Gasteiger partial charge in [-0.25, -0.2) is 0 Å². The molecule has 0 spiro atoms. The fourth-order valence-electron chi connectivity index (χ4n) is 5.44. The van der Waals surface area contributed by atoms with Gasteiger partial charge >= 0.3 is 0 Å². The molecular weight excluding hydrogens is 356 g/mol. The number of fused-ring (bicyclic) bond motifs is 4. The van der Waals surface area contributed by atoms with Crippen LogP contribution in [0.3, 0.4) is 0 Å². The van der Waals surface area contributed by atoms with Crippen LogP contribution in [-0.2, 0) is 11.3 Å². The van der Waals surface area contributed by atoms with Crippen molar-refractivity contribution < 1.29 is 4.79 Å².